The normalized spacial score (nSPS) is 15.2. The Labute approximate surface area is 221 Å². The van der Waals surface area contributed by atoms with E-state index in [4.69, 9.17) is 0 Å². The molecule has 8 rings (SSSR count). The van der Waals surface area contributed by atoms with Gasteiger partial charge in [-0.2, -0.15) is 0 Å². The highest BCUT2D eigenvalue weighted by molar-refractivity contribution is 6.12. The number of hydrogen-bond donors (Lipinski definition) is 1. The average Bonchev–Trinajstić information content (AvgIpc) is 3.27. The summed E-state index contributed by atoms with van der Waals surface area (Å²) in [7, 11) is 0. The van der Waals surface area contributed by atoms with Gasteiger partial charge in [0.2, 0.25) is 0 Å². The Morgan fingerprint density at radius 3 is 2.11 bits per heavy atom. The van der Waals surface area contributed by atoms with E-state index in [0.717, 1.165) is 11.4 Å². The predicted octanol–water partition coefficient (Wildman–Crippen LogP) is 8.88. The van der Waals surface area contributed by atoms with E-state index >= 15 is 0 Å². The first kappa shape index (κ1) is 21.1. The molecule has 0 saturated carbocycles. The van der Waals surface area contributed by atoms with Crippen molar-refractivity contribution in [2.45, 2.75) is 6.17 Å². The minimum Gasteiger partial charge on any atom is -0.361 e. The van der Waals surface area contributed by atoms with Crippen molar-refractivity contribution in [3.05, 3.63) is 139 Å². The van der Waals surface area contributed by atoms with E-state index in [-0.39, 0.29) is 6.17 Å². The minimum atomic E-state index is -0.0346. The molecule has 0 amide bonds. The van der Waals surface area contributed by atoms with Crippen molar-refractivity contribution < 1.29 is 0 Å². The molecule has 38 heavy (non-hydrogen) atoms. The first-order valence-electron chi connectivity index (χ1n) is 13.1. The molecule has 6 aromatic rings. The van der Waals surface area contributed by atoms with Gasteiger partial charge in [-0.3, -0.25) is 0 Å². The molecule has 3 heteroatoms. The predicted molar refractivity (Wildman–Crippen MR) is 159 cm³/mol. The molecule has 2 aliphatic rings. The van der Waals surface area contributed by atoms with Crippen LogP contribution in [0.2, 0.25) is 0 Å². The Bertz CT molecular complexity index is 1860. The van der Waals surface area contributed by atoms with Crippen LogP contribution in [0.15, 0.2) is 133 Å². The fourth-order valence-electron chi connectivity index (χ4n) is 6.15. The highest BCUT2D eigenvalue weighted by atomic mass is 15.3. The molecule has 180 valence electrons. The highest BCUT2D eigenvalue weighted by Gasteiger charge is 2.33. The summed E-state index contributed by atoms with van der Waals surface area (Å²) < 4.78 is 2.43. The van der Waals surface area contributed by atoms with Crippen LogP contribution in [0.5, 0.6) is 0 Å². The maximum absolute atomic E-state index is 3.81. The number of fused-ring (bicyclic) bond motifs is 8. The van der Waals surface area contributed by atoms with Crippen molar-refractivity contribution in [3.63, 3.8) is 0 Å². The number of aromatic nitrogens is 1. The SMILES string of the molecule is C1=CC(N2c3ccccc3-c3c(n(-c4ccccc4)c4ccccc34)-c3ccccc32)Nc2ccccc21. The van der Waals surface area contributed by atoms with E-state index in [2.05, 4.69) is 154 Å². The number of anilines is 3. The quantitative estimate of drug-likeness (QED) is 0.263. The second-order valence-electron chi connectivity index (χ2n) is 9.85. The zero-order chi connectivity index (χ0) is 25.1. The fourth-order valence-corrected chi connectivity index (χ4v) is 6.15. The van der Waals surface area contributed by atoms with Crippen molar-refractivity contribution in [2.75, 3.05) is 10.2 Å². The van der Waals surface area contributed by atoms with Crippen LogP contribution in [-0.4, -0.2) is 10.7 Å². The van der Waals surface area contributed by atoms with E-state index in [9.17, 15) is 0 Å². The molecule has 1 aromatic heterocycles. The highest BCUT2D eigenvalue weighted by Crippen LogP contribution is 2.53. The van der Waals surface area contributed by atoms with Gasteiger partial charge in [-0.15, -0.1) is 0 Å². The van der Waals surface area contributed by atoms with Gasteiger partial charge in [-0.05, 0) is 48.0 Å². The van der Waals surface area contributed by atoms with Crippen LogP contribution in [0.1, 0.15) is 5.56 Å². The first-order chi connectivity index (χ1) is 18.9. The largest absolute Gasteiger partial charge is 0.361 e. The summed E-state index contributed by atoms with van der Waals surface area (Å²) in [6.45, 7) is 0. The molecule has 0 fully saturated rings. The Hall–Kier alpha value is -5.02. The standard InChI is InChI=1S/C35H25N3/c1-2-13-25(14-3-1)37-30-19-9-5-15-26(30)34-27-16-6-10-20-31(27)38(32-21-11-7-17-28(32)35(34)37)33-23-22-24-12-4-8-18-29(24)36-33/h1-23,33,36H. The summed E-state index contributed by atoms with van der Waals surface area (Å²) in [5.74, 6) is 0. The summed E-state index contributed by atoms with van der Waals surface area (Å²) >= 11 is 0. The van der Waals surface area contributed by atoms with Crippen LogP contribution in [0.3, 0.4) is 0 Å². The molecular weight excluding hydrogens is 462 g/mol. The summed E-state index contributed by atoms with van der Waals surface area (Å²) in [6, 6.07) is 45.7. The van der Waals surface area contributed by atoms with Crippen molar-refractivity contribution in [3.8, 4) is 28.1 Å². The molecule has 0 spiro atoms. The Morgan fingerprint density at radius 2 is 1.24 bits per heavy atom. The molecule has 3 nitrogen and oxygen atoms in total. The van der Waals surface area contributed by atoms with E-state index in [1.54, 1.807) is 0 Å². The van der Waals surface area contributed by atoms with E-state index in [0.29, 0.717) is 0 Å². The van der Waals surface area contributed by atoms with Gasteiger partial charge in [-0.1, -0.05) is 97.1 Å². The van der Waals surface area contributed by atoms with Gasteiger partial charge in [0.1, 0.15) is 6.17 Å². The lowest BCUT2D eigenvalue weighted by atomic mass is 9.98. The lowest BCUT2D eigenvalue weighted by Gasteiger charge is -2.36. The molecule has 0 radical (unpaired) electrons. The van der Waals surface area contributed by atoms with Gasteiger partial charge in [0.25, 0.3) is 0 Å². The average molecular weight is 488 g/mol. The third-order valence-electron chi connectivity index (χ3n) is 7.74. The molecule has 1 N–H and O–H groups in total. The number of hydrogen-bond acceptors (Lipinski definition) is 2. The van der Waals surface area contributed by atoms with Crippen molar-refractivity contribution in [1.29, 1.82) is 0 Å². The van der Waals surface area contributed by atoms with Gasteiger partial charge in [0.05, 0.1) is 22.6 Å². The van der Waals surface area contributed by atoms with Crippen LogP contribution in [0.4, 0.5) is 17.1 Å². The second-order valence-corrected chi connectivity index (χ2v) is 9.85. The number of nitrogens with zero attached hydrogens (tertiary/aromatic N) is 2. The monoisotopic (exact) mass is 487 g/mol. The fraction of sp³-hybridized carbons (Fsp3) is 0.0286. The van der Waals surface area contributed by atoms with E-state index in [1.165, 1.54) is 50.2 Å². The molecular formula is C35H25N3. The number of benzene rings is 5. The third kappa shape index (κ3) is 3.02. The summed E-state index contributed by atoms with van der Waals surface area (Å²) in [6.07, 6.45) is 4.47. The summed E-state index contributed by atoms with van der Waals surface area (Å²) in [5.41, 5.74) is 12.1. The molecule has 0 saturated heterocycles. The van der Waals surface area contributed by atoms with Crippen LogP contribution in [-0.2, 0) is 0 Å². The molecule has 2 aliphatic heterocycles. The molecule has 3 heterocycles. The third-order valence-corrected chi connectivity index (χ3v) is 7.74. The van der Waals surface area contributed by atoms with Crippen molar-refractivity contribution >= 4 is 34.0 Å². The van der Waals surface area contributed by atoms with Gasteiger partial charge in [0.15, 0.2) is 0 Å². The molecule has 1 atom stereocenters. The molecule has 5 aromatic carbocycles. The van der Waals surface area contributed by atoms with Crippen LogP contribution in [0, 0.1) is 0 Å². The van der Waals surface area contributed by atoms with E-state index in [1.807, 2.05) is 0 Å². The number of rotatable bonds is 2. The van der Waals surface area contributed by atoms with Gasteiger partial charge in [0, 0.05) is 33.5 Å². The summed E-state index contributed by atoms with van der Waals surface area (Å²) in [5, 5.41) is 5.07. The Balaban J connectivity index is 1.47. The van der Waals surface area contributed by atoms with Crippen molar-refractivity contribution in [1.82, 2.24) is 4.57 Å². The zero-order valence-corrected chi connectivity index (χ0v) is 20.8. The second kappa shape index (κ2) is 8.25. The molecule has 0 aliphatic carbocycles. The van der Waals surface area contributed by atoms with Gasteiger partial charge < -0.3 is 14.8 Å². The Morgan fingerprint density at radius 1 is 0.579 bits per heavy atom. The number of para-hydroxylation sites is 5. The zero-order valence-electron chi connectivity index (χ0n) is 20.8. The van der Waals surface area contributed by atoms with Crippen LogP contribution in [0.25, 0.3) is 45.1 Å². The lowest BCUT2D eigenvalue weighted by Crippen LogP contribution is -2.37. The Kier molecular flexibility index (Phi) is 4.58. The maximum atomic E-state index is 3.81. The first-order valence-corrected chi connectivity index (χ1v) is 13.1. The van der Waals surface area contributed by atoms with E-state index < -0.39 is 0 Å². The molecule has 0 bridgehead atoms. The number of nitrogens with one attached hydrogen (secondary N) is 1. The van der Waals surface area contributed by atoms with Crippen LogP contribution < -0.4 is 10.2 Å². The summed E-state index contributed by atoms with van der Waals surface area (Å²) in [4.78, 5) is 2.46. The maximum Gasteiger partial charge on any atom is 0.123 e. The molecule has 1 unspecified atom stereocenters. The van der Waals surface area contributed by atoms with Crippen LogP contribution >= 0.6 is 0 Å². The minimum absolute atomic E-state index is 0.0346. The lowest BCUT2D eigenvalue weighted by molar-refractivity contribution is 0.878. The topological polar surface area (TPSA) is 20.2 Å². The smallest absolute Gasteiger partial charge is 0.123 e. The van der Waals surface area contributed by atoms with Crippen molar-refractivity contribution in [2.24, 2.45) is 0 Å². The van der Waals surface area contributed by atoms with Gasteiger partial charge in [-0.25, -0.2) is 0 Å². The van der Waals surface area contributed by atoms with Gasteiger partial charge >= 0.3 is 0 Å².